The third-order valence-corrected chi connectivity index (χ3v) is 6.18. The Morgan fingerprint density at radius 2 is 2.07 bits per heavy atom. The second kappa shape index (κ2) is 8.23. The largest absolute Gasteiger partial charge is 0.490 e. The number of carbonyl (C=O) groups excluding carboxylic acids is 1. The van der Waals surface area contributed by atoms with Crippen molar-refractivity contribution in [1.82, 2.24) is 0 Å². The number of fused-ring (bicyclic) bond motifs is 1. The maximum Gasteiger partial charge on any atom is 0.224 e. The van der Waals surface area contributed by atoms with Crippen LogP contribution in [0.1, 0.15) is 18.4 Å². The number of rotatable bonds is 4. The maximum absolute atomic E-state index is 14.0. The van der Waals surface area contributed by atoms with Crippen LogP contribution in [0.4, 0.5) is 15.8 Å². The number of anilines is 2. The molecule has 0 radical (unpaired) electrons. The Balaban J connectivity index is 1.46. The van der Waals surface area contributed by atoms with Crippen molar-refractivity contribution < 1.29 is 24.1 Å². The van der Waals surface area contributed by atoms with Crippen molar-refractivity contribution in [2.75, 3.05) is 29.9 Å². The van der Waals surface area contributed by atoms with E-state index in [0.29, 0.717) is 34.3 Å². The Kier molecular flexibility index (Phi) is 5.81. The summed E-state index contributed by atoms with van der Waals surface area (Å²) in [5.74, 6) is -0.395. The molecule has 2 aromatic carbocycles. The van der Waals surface area contributed by atoms with Crippen LogP contribution in [0.2, 0.25) is 10.0 Å². The van der Waals surface area contributed by atoms with Gasteiger partial charge in [-0.2, -0.15) is 0 Å². The third kappa shape index (κ3) is 4.07. The number of aliphatic hydroxyl groups excluding tert-OH is 1. The molecule has 2 atom stereocenters. The summed E-state index contributed by atoms with van der Waals surface area (Å²) in [6.07, 6.45) is -0.268. The van der Waals surface area contributed by atoms with Crippen molar-refractivity contribution in [2.45, 2.75) is 31.0 Å². The first kappa shape index (κ1) is 21.2. The fraction of sp³-hybridized carbons (Fsp3) is 0.381. The third-order valence-electron chi connectivity index (χ3n) is 5.64. The second-order valence-corrected chi connectivity index (χ2v) is 8.49. The van der Waals surface area contributed by atoms with Crippen LogP contribution >= 0.6 is 23.2 Å². The van der Waals surface area contributed by atoms with Gasteiger partial charge in [-0.3, -0.25) is 4.79 Å². The Labute approximate surface area is 183 Å². The number of amides is 1. The molecular formula is C21H21Cl2FN2O4. The summed E-state index contributed by atoms with van der Waals surface area (Å²) < 4.78 is 19.8. The lowest BCUT2D eigenvalue weighted by Gasteiger charge is -2.43. The number of piperidine rings is 1. The minimum atomic E-state index is -1.48. The standard InChI is InChI=1S/C21H21Cl2FN2O4/c22-12-1-4-16(14(23)9-12)26-8-7-21(29,18(27)10-26)11-30-17-5-3-15(24)20-13(17)2-6-19(28)25-20/h1,3-5,9,18,27,29H,2,6-8,10-11H2,(H,25,28)/t18-,21-/m1/s1. The van der Waals surface area contributed by atoms with Crippen LogP contribution in [0.25, 0.3) is 0 Å². The summed E-state index contributed by atoms with van der Waals surface area (Å²) >= 11 is 12.2. The summed E-state index contributed by atoms with van der Waals surface area (Å²) in [4.78, 5) is 13.4. The summed E-state index contributed by atoms with van der Waals surface area (Å²) in [5, 5.41) is 25.1. The van der Waals surface area contributed by atoms with Gasteiger partial charge >= 0.3 is 0 Å². The van der Waals surface area contributed by atoms with Gasteiger partial charge in [0.25, 0.3) is 0 Å². The maximum atomic E-state index is 14.0. The molecule has 1 saturated heterocycles. The van der Waals surface area contributed by atoms with E-state index in [-0.39, 0.29) is 37.6 Å². The normalized spacial score (nSPS) is 23.7. The Morgan fingerprint density at radius 1 is 1.27 bits per heavy atom. The highest BCUT2D eigenvalue weighted by molar-refractivity contribution is 6.36. The number of carbonyl (C=O) groups is 1. The molecule has 3 N–H and O–H groups in total. The van der Waals surface area contributed by atoms with Crippen molar-refractivity contribution in [3.63, 3.8) is 0 Å². The van der Waals surface area contributed by atoms with Gasteiger partial charge in [-0.1, -0.05) is 23.2 Å². The molecule has 2 aliphatic rings. The van der Waals surface area contributed by atoms with Gasteiger partial charge in [-0.05, 0) is 43.2 Å². The quantitative estimate of drug-likeness (QED) is 0.659. The number of aliphatic hydroxyl groups is 2. The number of β-amino-alcohol motifs (C(OH)–C–C–N with tert-alkyl or cyclic N) is 1. The monoisotopic (exact) mass is 454 g/mol. The molecule has 30 heavy (non-hydrogen) atoms. The molecule has 6 nitrogen and oxygen atoms in total. The molecule has 9 heteroatoms. The first-order chi connectivity index (χ1) is 14.3. The SMILES string of the molecule is O=C1CCc2c(OC[C@]3(O)CCN(c4ccc(Cl)cc4Cl)C[C@H]3O)ccc(F)c2N1. The van der Waals surface area contributed by atoms with Gasteiger partial charge in [0.2, 0.25) is 5.91 Å². The van der Waals surface area contributed by atoms with Crippen LogP contribution in [-0.4, -0.2) is 47.5 Å². The molecule has 2 aliphatic heterocycles. The van der Waals surface area contributed by atoms with Gasteiger partial charge in [0.15, 0.2) is 0 Å². The number of hydrogen-bond donors (Lipinski definition) is 3. The van der Waals surface area contributed by atoms with E-state index in [4.69, 9.17) is 27.9 Å². The molecule has 0 unspecified atom stereocenters. The zero-order valence-corrected chi connectivity index (χ0v) is 17.5. The highest BCUT2D eigenvalue weighted by Crippen LogP contribution is 2.36. The average Bonchev–Trinajstić information content (AvgIpc) is 2.70. The van der Waals surface area contributed by atoms with Crippen LogP contribution in [0.15, 0.2) is 30.3 Å². The number of halogens is 3. The van der Waals surface area contributed by atoms with Crippen molar-refractivity contribution in [3.05, 3.63) is 51.8 Å². The van der Waals surface area contributed by atoms with Crippen LogP contribution in [0.3, 0.4) is 0 Å². The van der Waals surface area contributed by atoms with Crippen molar-refractivity contribution in [1.29, 1.82) is 0 Å². The number of nitrogens with one attached hydrogen (secondary N) is 1. The molecule has 0 saturated carbocycles. The Bertz CT molecular complexity index is 990. The molecule has 160 valence electrons. The van der Waals surface area contributed by atoms with Gasteiger partial charge in [-0.15, -0.1) is 0 Å². The highest BCUT2D eigenvalue weighted by atomic mass is 35.5. The van der Waals surface area contributed by atoms with Crippen LogP contribution in [-0.2, 0) is 11.2 Å². The van der Waals surface area contributed by atoms with E-state index in [1.807, 2.05) is 4.90 Å². The lowest BCUT2D eigenvalue weighted by atomic mass is 9.89. The number of nitrogens with zero attached hydrogens (tertiary/aromatic N) is 1. The van der Waals surface area contributed by atoms with Crippen molar-refractivity contribution >= 4 is 40.5 Å². The van der Waals surface area contributed by atoms with Crippen LogP contribution in [0.5, 0.6) is 5.75 Å². The lowest BCUT2D eigenvalue weighted by Crippen LogP contribution is -2.58. The fourth-order valence-electron chi connectivity index (χ4n) is 3.85. The minimum absolute atomic E-state index is 0.114. The van der Waals surface area contributed by atoms with E-state index in [2.05, 4.69) is 5.32 Å². The molecule has 4 rings (SSSR count). The average molecular weight is 455 g/mol. The Morgan fingerprint density at radius 3 is 2.80 bits per heavy atom. The predicted molar refractivity (Wildman–Crippen MR) is 113 cm³/mol. The summed E-state index contributed by atoms with van der Waals surface area (Å²) in [6, 6.07) is 7.81. The van der Waals surface area contributed by atoms with Gasteiger partial charge in [0, 0.05) is 30.1 Å². The summed E-state index contributed by atoms with van der Waals surface area (Å²) in [5.41, 5.74) is -0.0813. The first-order valence-corrected chi connectivity index (χ1v) is 10.4. The predicted octanol–water partition coefficient (Wildman–Crippen LogP) is 3.40. The first-order valence-electron chi connectivity index (χ1n) is 9.61. The van der Waals surface area contributed by atoms with Crippen molar-refractivity contribution in [3.8, 4) is 5.75 Å². The molecule has 2 heterocycles. The van der Waals surface area contributed by atoms with E-state index in [1.165, 1.54) is 12.1 Å². The minimum Gasteiger partial charge on any atom is -0.490 e. The van der Waals surface area contributed by atoms with Gasteiger partial charge in [0.1, 0.15) is 29.9 Å². The topological polar surface area (TPSA) is 82.0 Å². The van der Waals surface area contributed by atoms with E-state index in [0.717, 1.165) is 5.69 Å². The van der Waals surface area contributed by atoms with E-state index < -0.39 is 17.5 Å². The molecule has 2 aromatic rings. The zero-order valence-electron chi connectivity index (χ0n) is 16.0. The number of benzene rings is 2. The highest BCUT2D eigenvalue weighted by Gasteiger charge is 2.42. The van der Waals surface area contributed by atoms with E-state index >= 15 is 0 Å². The Hall–Kier alpha value is -2.06. The van der Waals surface area contributed by atoms with Gasteiger partial charge < -0.3 is 25.2 Å². The van der Waals surface area contributed by atoms with Gasteiger partial charge in [-0.25, -0.2) is 4.39 Å². The van der Waals surface area contributed by atoms with Crippen LogP contribution in [0, 0.1) is 5.82 Å². The molecule has 0 aliphatic carbocycles. The summed E-state index contributed by atoms with van der Waals surface area (Å²) in [6.45, 7) is 0.455. The van der Waals surface area contributed by atoms with Crippen molar-refractivity contribution in [2.24, 2.45) is 0 Å². The second-order valence-electron chi connectivity index (χ2n) is 7.65. The lowest BCUT2D eigenvalue weighted by molar-refractivity contribution is -0.116. The zero-order chi connectivity index (χ0) is 21.5. The fourth-order valence-corrected chi connectivity index (χ4v) is 4.38. The van der Waals surface area contributed by atoms with E-state index in [9.17, 15) is 19.4 Å². The number of ether oxygens (including phenoxy) is 1. The van der Waals surface area contributed by atoms with E-state index in [1.54, 1.807) is 18.2 Å². The molecule has 0 bridgehead atoms. The molecular weight excluding hydrogens is 434 g/mol. The molecule has 0 spiro atoms. The molecule has 1 amide bonds. The summed E-state index contributed by atoms with van der Waals surface area (Å²) in [7, 11) is 0. The smallest absolute Gasteiger partial charge is 0.224 e. The number of hydrogen-bond acceptors (Lipinski definition) is 5. The van der Waals surface area contributed by atoms with Crippen LogP contribution < -0.4 is 15.0 Å². The molecule has 1 fully saturated rings. The van der Waals surface area contributed by atoms with Gasteiger partial charge in [0.05, 0.1) is 16.4 Å². The molecule has 0 aromatic heterocycles.